The summed E-state index contributed by atoms with van der Waals surface area (Å²) in [5, 5.41) is 1.14. The van der Waals surface area contributed by atoms with Gasteiger partial charge in [-0.25, -0.2) is 29.1 Å². The van der Waals surface area contributed by atoms with E-state index in [0.717, 1.165) is 44.1 Å². The third kappa shape index (κ3) is 15.8. The zero-order valence-electron chi connectivity index (χ0n) is 47.1. The number of likely N-dealkylation sites (N-methyl/N-ethyl adjacent to an activating group) is 1. The molecule has 4 aliphatic rings. The fourth-order valence-corrected chi connectivity index (χ4v) is 11.4. The fourth-order valence-electron chi connectivity index (χ4n) is 9.73. The predicted octanol–water partition coefficient (Wildman–Crippen LogP) is 9.33. The highest BCUT2D eigenvalue weighted by atomic mass is 35.5. The molecule has 10 rings (SSSR count). The van der Waals surface area contributed by atoms with Gasteiger partial charge in [0, 0.05) is 87.5 Å². The number of fused-ring (bicyclic) bond motifs is 7. The number of carbonyl (C=O) groups is 1. The molecule has 0 unspecified atom stereocenters. The fraction of sp³-hybridized carbons (Fsp3) is 0.508. The van der Waals surface area contributed by atoms with Gasteiger partial charge < -0.3 is 57.2 Å². The van der Waals surface area contributed by atoms with Crippen LogP contribution in [0.4, 0.5) is 10.3 Å². The maximum absolute atomic E-state index is 14.7. The van der Waals surface area contributed by atoms with E-state index in [9.17, 15) is 9.18 Å². The lowest BCUT2D eigenvalue weighted by molar-refractivity contribution is -0.163. The highest BCUT2D eigenvalue weighted by molar-refractivity contribution is 7.22. The maximum Gasteiger partial charge on any atom is 0.348 e. The number of hydrogen-bond donors (Lipinski definition) is 0. The van der Waals surface area contributed by atoms with Crippen molar-refractivity contribution in [2.45, 2.75) is 65.5 Å². The first-order chi connectivity index (χ1) is 39.1. The topological polar surface area (TPSA) is 171 Å². The Hall–Kier alpha value is -5.52. The van der Waals surface area contributed by atoms with Crippen LogP contribution in [-0.4, -0.2) is 180 Å². The van der Waals surface area contributed by atoms with E-state index >= 15 is 0 Å². The second kappa shape index (κ2) is 28.2. The van der Waals surface area contributed by atoms with Crippen LogP contribution in [0.25, 0.3) is 31.8 Å². The van der Waals surface area contributed by atoms with Crippen molar-refractivity contribution in [3.63, 3.8) is 0 Å². The molecule has 2 atom stereocenters. The third-order valence-electron chi connectivity index (χ3n) is 14.0. The van der Waals surface area contributed by atoms with Gasteiger partial charge in [-0.1, -0.05) is 35.3 Å². The van der Waals surface area contributed by atoms with E-state index in [2.05, 4.69) is 26.7 Å². The number of hydrogen-bond acceptors (Lipinski definition) is 19. The van der Waals surface area contributed by atoms with Crippen LogP contribution in [0.2, 0.25) is 10.0 Å². The summed E-state index contributed by atoms with van der Waals surface area (Å²) in [4.78, 5) is 41.6. The quantitative estimate of drug-likeness (QED) is 0.0465. The lowest BCUT2D eigenvalue weighted by Crippen LogP contribution is -2.49. The highest BCUT2D eigenvalue weighted by Gasteiger charge is 2.35. The van der Waals surface area contributed by atoms with E-state index < -0.39 is 23.8 Å². The summed E-state index contributed by atoms with van der Waals surface area (Å²) >= 11 is 16.2. The van der Waals surface area contributed by atoms with Crippen molar-refractivity contribution in [1.82, 2.24) is 29.7 Å². The molecule has 0 amide bonds. The molecule has 4 bridgehead atoms. The zero-order valence-corrected chi connectivity index (χ0v) is 49.4. The smallest absolute Gasteiger partial charge is 0.348 e. The Bertz CT molecular complexity index is 3040. The molecule has 0 N–H and O–H groups in total. The second-order valence-electron chi connectivity index (χ2n) is 21.3. The number of piperazine rings is 1. The third-order valence-corrected chi connectivity index (χ3v) is 16.0. The van der Waals surface area contributed by atoms with Crippen LogP contribution in [0.15, 0.2) is 61.1 Å². The highest BCUT2D eigenvalue weighted by Crippen LogP contribution is 2.53. The van der Waals surface area contributed by atoms with Crippen LogP contribution in [0.3, 0.4) is 0 Å². The van der Waals surface area contributed by atoms with E-state index in [1.165, 1.54) is 29.8 Å². The van der Waals surface area contributed by atoms with Crippen molar-refractivity contribution in [2.24, 2.45) is 5.92 Å². The number of thiophene rings is 1. The molecule has 3 aromatic carbocycles. The molecule has 4 aliphatic heterocycles. The van der Waals surface area contributed by atoms with Crippen molar-refractivity contribution in [2.75, 3.05) is 131 Å². The van der Waals surface area contributed by atoms with E-state index in [1.54, 1.807) is 46.2 Å². The summed E-state index contributed by atoms with van der Waals surface area (Å²) in [6.07, 6.45) is 1.29. The summed E-state index contributed by atoms with van der Waals surface area (Å²) in [6, 6.07) is 13.5. The van der Waals surface area contributed by atoms with Gasteiger partial charge in [0.05, 0.1) is 80.6 Å². The summed E-state index contributed by atoms with van der Waals surface area (Å²) in [7, 11) is 3.76. The number of esters is 1. The summed E-state index contributed by atoms with van der Waals surface area (Å²) in [5.74, 6) is 1.31. The van der Waals surface area contributed by atoms with Crippen LogP contribution in [0.1, 0.15) is 43.2 Å². The van der Waals surface area contributed by atoms with Crippen molar-refractivity contribution < 1.29 is 56.6 Å². The molecular formula is C59H72Cl2FN7O11S. The van der Waals surface area contributed by atoms with Crippen molar-refractivity contribution >= 4 is 56.7 Å². The molecule has 81 heavy (non-hydrogen) atoms. The molecule has 436 valence electrons. The lowest BCUT2D eigenvalue weighted by Gasteiger charge is -2.39. The SMILES string of the molecule is COCCOCCOCCOCCOCC1CN(c2nccc(COc3ccc4cc3C[C@H](C(=O)OC(C)(C)C)Oc3ncnc5sc(-c6ccc(F)cc6)c(c35)-c3c(C)c(Cl)c(c(Cl)c3C)O[C@H](CN3CCN(C)CC3)CO4)n2)C1. The molecule has 0 spiro atoms. The predicted molar refractivity (Wildman–Crippen MR) is 309 cm³/mol. The van der Waals surface area contributed by atoms with Crippen molar-refractivity contribution in [3.8, 4) is 44.7 Å². The van der Waals surface area contributed by atoms with Gasteiger partial charge in [-0.15, -0.1) is 11.3 Å². The first-order valence-electron chi connectivity index (χ1n) is 27.4. The van der Waals surface area contributed by atoms with Crippen molar-refractivity contribution in [3.05, 3.63) is 99.3 Å². The van der Waals surface area contributed by atoms with Crippen LogP contribution < -0.4 is 23.8 Å². The summed E-state index contributed by atoms with van der Waals surface area (Å²) in [5.41, 5.74) is 3.77. The minimum Gasteiger partial charge on any atom is -0.490 e. The minimum absolute atomic E-state index is 0.0267. The number of anilines is 1. The van der Waals surface area contributed by atoms with Gasteiger partial charge in [-0.2, -0.15) is 0 Å². The van der Waals surface area contributed by atoms with Gasteiger partial charge in [-0.3, -0.25) is 4.90 Å². The minimum atomic E-state index is -1.27. The van der Waals surface area contributed by atoms with Gasteiger partial charge in [0.2, 0.25) is 17.9 Å². The molecule has 0 aliphatic carbocycles. The lowest BCUT2D eigenvalue weighted by atomic mass is 9.92. The van der Waals surface area contributed by atoms with E-state index in [0.29, 0.717) is 154 Å². The van der Waals surface area contributed by atoms with Gasteiger partial charge >= 0.3 is 5.97 Å². The molecule has 6 aromatic rings. The van der Waals surface area contributed by atoms with Gasteiger partial charge in [0.15, 0.2) is 5.75 Å². The molecule has 0 radical (unpaired) electrons. The molecule has 2 saturated heterocycles. The molecule has 7 heterocycles. The van der Waals surface area contributed by atoms with E-state index in [-0.39, 0.29) is 31.3 Å². The number of halogens is 3. The first-order valence-corrected chi connectivity index (χ1v) is 28.9. The molecule has 22 heteroatoms. The van der Waals surface area contributed by atoms with Crippen LogP contribution in [-0.2, 0) is 46.2 Å². The Labute approximate surface area is 487 Å². The number of methoxy groups -OCH3 is 1. The van der Waals surface area contributed by atoms with Gasteiger partial charge in [0.25, 0.3) is 0 Å². The Balaban J connectivity index is 0.981. The normalized spacial score (nSPS) is 17.3. The summed E-state index contributed by atoms with van der Waals surface area (Å²) < 4.78 is 75.2. The molecule has 18 nitrogen and oxygen atoms in total. The van der Waals surface area contributed by atoms with Gasteiger partial charge in [-0.05, 0) is 100 Å². The monoisotopic (exact) mass is 1180 g/mol. The average Bonchev–Trinajstić information content (AvgIpc) is 3.92. The Morgan fingerprint density at radius 2 is 1.51 bits per heavy atom. The van der Waals surface area contributed by atoms with Crippen molar-refractivity contribution in [1.29, 1.82) is 0 Å². The van der Waals surface area contributed by atoms with E-state index in [1.807, 2.05) is 38.1 Å². The van der Waals surface area contributed by atoms with Crippen LogP contribution in [0, 0.1) is 25.6 Å². The second-order valence-corrected chi connectivity index (χ2v) is 23.1. The summed E-state index contributed by atoms with van der Waals surface area (Å²) in [6.45, 7) is 19.6. The number of rotatable bonds is 22. The molecule has 3 aromatic heterocycles. The maximum atomic E-state index is 14.7. The zero-order chi connectivity index (χ0) is 57.0. The largest absolute Gasteiger partial charge is 0.490 e. The van der Waals surface area contributed by atoms with Gasteiger partial charge in [0.1, 0.15) is 53.4 Å². The standard InChI is InChI=1S/C59H72Cl2FN7O11S/c1-37-48-38(2)52(61)53(51(37)60)78-45(32-68-18-16-67(6)17-19-68)35-76-44-12-13-46(77-34-43-14-15-63-58(66-43)69-30-39(31-69)33-75-27-26-74-25-24-73-23-22-72-21-20-71-7)41(28-44)29-47(57(70)80-59(3,4)5)79-55-50-49(48)54(81-56(50)65-36-64-55)40-8-10-42(62)11-9-40/h8-15,28,36,39,45,47H,16-27,29-35H2,1-7H3/t45-,47-/m1/s1. The Kier molecular flexibility index (Phi) is 20.9. The Morgan fingerprint density at radius 1 is 0.827 bits per heavy atom. The van der Waals surface area contributed by atoms with Crippen LogP contribution >= 0.6 is 34.5 Å². The number of nitrogens with zero attached hydrogens (tertiary/aromatic N) is 7. The number of aromatic nitrogens is 4. The van der Waals surface area contributed by atoms with E-state index in [4.69, 9.17) is 85.5 Å². The molecular weight excluding hydrogens is 1100 g/mol. The Morgan fingerprint density at radius 3 is 2.19 bits per heavy atom. The first kappa shape index (κ1) is 60.1. The number of carbonyl (C=O) groups excluding carboxylic acids is 1. The van der Waals surface area contributed by atoms with Crippen LogP contribution in [0.5, 0.6) is 23.1 Å². The number of ether oxygens (including phenoxy) is 10. The molecule has 0 saturated carbocycles. The average molecular weight is 1180 g/mol. The number of benzene rings is 3. The molecule has 2 fully saturated rings.